The smallest absolute Gasteiger partial charge is 0.264 e. The van der Waals surface area contributed by atoms with Gasteiger partial charge in [0.05, 0.1) is 24.8 Å². The van der Waals surface area contributed by atoms with E-state index in [1.807, 2.05) is 6.92 Å². The second-order valence-electron chi connectivity index (χ2n) is 6.92. The van der Waals surface area contributed by atoms with E-state index in [0.29, 0.717) is 27.9 Å². The molecule has 0 radical (unpaired) electrons. The van der Waals surface area contributed by atoms with Crippen LogP contribution in [0.5, 0.6) is 11.5 Å². The third kappa shape index (κ3) is 5.33. The molecule has 0 aliphatic carbocycles. The molecule has 0 aliphatic rings. The molecule has 32 heavy (non-hydrogen) atoms. The van der Waals surface area contributed by atoms with Gasteiger partial charge in [0.2, 0.25) is 5.91 Å². The minimum atomic E-state index is -4.03. The van der Waals surface area contributed by atoms with Gasteiger partial charge in [-0.3, -0.25) is 9.10 Å². The number of amides is 1. The van der Waals surface area contributed by atoms with E-state index in [9.17, 15) is 13.2 Å². The molecule has 0 saturated heterocycles. The summed E-state index contributed by atoms with van der Waals surface area (Å²) < 4.78 is 38.2. The first kappa shape index (κ1) is 23.4. The van der Waals surface area contributed by atoms with Crippen molar-refractivity contribution in [1.82, 2.24) is 0 Å². The Bertz CT molecular complexity index is 1200. The van der Waals surface area contributed by atoms with Crippen molar-refractivity contribution in [3.8, 4) is 11.5 Å². The number of methoxy groups -OCH3 is 2. The lowest BCUT2D eigenvalue weighted by molar-refractivity contribution is -0.114. The Labute approximate surface area is 192 Å². The maximum Gasteiger partial charge on any atom is 0.264 e. The van der Waals surface area contributed by atoms with Gasteiger partial charge < -0.3 is 14.8 Å². The number of nitrogens with one attached hydrogen (secondary N) is 1. The topological polar surface area (TPSA) is 84.9 Å². The second-order valence-corrected chi connectivity index (χ2v) is 9.22. The van der Waals surface area contributed by atoms with Crippen molar-refractivity contribution in [2.45, 2.75) is 11.8 Å². The van der Waals surface area contributed by atoms with Gasteiger partial charge in [-0.25, -0.2) is 8.42 Å². The number of halogens is 1. The van der Waals surface area contributed by atoms with Crippen LogP contribution in [0.2, 0.25) is 5.02 Å². The fraction of sp³-hybridized carbons (Fsp3) is 0.174. The zero-order valence-corrected chi connectivity index (χ0v) is 19.4. The highest BCUT2D eigenvalue weighted by molar-refractivity contribution is 7.92. The van der Waals surface area contributed by atoms with Crippen molar-refractivity contribution in [3.63, 3.8) is 0 Å². The van der Waals surface area contributed by atoms with Crippen molar-refractivity contribution in [3.05, 3.63) is 77.3 Å². The molecule has 0 heterocycles. The Balaban J connectivity index is 1.91. The molecule has 0 aliphatic heterocycles. The van der Waals surface area contributed by atoms with Crippen LogP contribution in [0.25, 0.3) is 0 Å². The van der Waals surface area contributed by atoms with Crippen LogP contribution >= 0.6 is 11.6 Å². The average Bonchev–Trinajstić information content (AvgIpc) is 2.78. The Kier molecular flexibility index (Phi) is 7.27. The van der Waals surface area contributed by atoms with Crippen LogP contribution in [0.15, 0.2) is 71.6 Å². The number of rotatable bonds is 8. The van der Waals surface area contributed by atoms with Crippen LogP contribution in [0.3, 0.4) is 0 Å². The van der Waals surface area contributed by atoms with E-state index >= 15 is 0 Å². The number of benzene rings is 3. The molecule has 0 aromatic heterocycles. The fourth-order valence-electron chi connectivity index (χ4n) is 3.00. The van der Waals surface area contributed by atoms with E-state index in [-0.39, 0.29) is 4.90 Å². The molecular weight excluding hydrogens is 452 g/mol. The molecule has 1 amide bonds. The number of anilines is 2. The summed E-state index contributed by atoms with van der Waals surface area (Å²) >= 11 is 5.90. The maximum absolute atomic E-state index is 13.4. The van der Waals surface area contributed by atoms with Crippen molar-refractivity contribution in [2.75, 3.05) is 30.4 Å². The fourth-order valence-corrected chi connectivity index (χ4v) is 4.55. The summed E-state index contributed by atoms with van der Waals surface area (Å²) in [6.07, 6.45) is 0. The largest absolute Gasteiger partial charge is 0.493 e. The highest BCUT2D eigenvalue weighted by Crippen LogP contribution is 2.30. The lowest BCUT2D eigenvalue weighted by atomic mass is 10.2. The predicted octanol–water partition coefficient (Wildman–Crippen LogP) is 4.50. The van der Waals surface area contributed by atoms with E-state index in [1.165, 1.54) is 38.5 Å². The lowest BCUT2D eigenvalue weighted by Crippen LogP contribution is -2.38. The Morgan fingerprint density at radius 3 is 2.16 bits per heavy atom. The van der Waals surface area contributed by atoms with Gasteiger partial charge in [-0.1, -0.05) is 29.3 Å². The molecule has 3 aromatic rings. The van der Waals surface area contributed by atoms with Crippen molar-refractivity contribution in [2.24, 2.45) is 0 Å². The van der Waals surface area contributed by atoms with E-state index in [0.717, 1.165) is 9.87 Å². The first-order chi connectivity index (χ1) is 15.2. The summed E-state index contributed by atoms with van der Waals surface area (Å²) in [4.78, 5) is 12.9. The molecule has 9 heteroatoms. The summed E-state index contributed by atoms with van der Waals surface area (Å²) in [5.41, 5.74) is 1.78. The third-order valence-corrected chi connectivity index (χ3v) is 6.72. The zero-order chi connectivity index (χ0) is 23.3. The average molecular weight is 475 g/mol. The Hall–Kier alpha value is -3.23. The second kappa shape index (κ2) is 9.93. The van der Waals surface area contributed by atoms with Gasteiger partial charge in [0, 0.05) is 16.8 Å². The molecule has 0 unspecified atom stereocenters. The van der Waals surface area contributed by atoms with Gasteiger partial charge in [-0.2, -0.15) is 0 Å². The van der Waals surface area contributed by atoms with Gasteiger partial charge in [-0.05, 0) is 55.5 Å². The summed E-state index contributed by atoms with van der Waals surface area (Å²) in [5.74, 6) is 0.432. The molecule has 0 bridgehead atoms. The number of sulfonamides is 1. The number of carbonyl (C=O) groups excluding carboxylic acids is 1. The number of hydrogen-bond acceptors (Lipinski definition) is 5. The minimum Gasteiger partial charge on any atom is -0.493 e. The zero-order valence-electron chi connectivity index (χ0n) is 17.8. The van der Waals surface area contributed by atoms with Gasteiger partial charge in [-0.15, -0.1) is 0 Å². The highest BCUT2D eigenvalue weighted by Gasteiger charge is 2.27. The Morgan fingerprint density at radius 1 is 0.938 bits per heavy atom. The van der Waals surface area contributed by atoms with Gasteiger partial charge in [0.1, 0.15) is 6.54 Å². The van der Waals surface area contributed by atoms with Crippen molar-refractivity contribution in [1.29, 1.82) is 0 Å². The first-order valence-corrected chi connectivity index (χ1v) is 11.4. The molecular formula is C23H23ClN2O5S. The standard InChI is InChI=1S/C23H23ClN2O5S/c1-16-4-9-19(10-5-16)26(32(28,29)20-11-6-17(24)7-12-20)15-23(27)25-18-8-13-21(30-2)22(14-18)31-3/h4-14H,15H2,1-3H3,(H,25,27). The van der Waals surface area contributed by atoms with Crippen LogP contribution in [-0.4, -0.2) is 35.1 Å². The number of ether oxygens (including phenoxy) is 2. The van der Waals surface area contributed by atoms with Crippen LogP contribution in [-0.2, 0) is 14.8 Å². The number of hydrogen-bond donors (Lipinski definition) is 1. The monoisotopic (exact) mass is 474 g/mol. The van der Waals surface area contributed by atoms with Crippen LogP contribution < -0.4 is 19.1 Å². The molecule has 0 atom stereocenters. The molecule has 1 N–H and O–H groups in total. The van der Waals surface area contributed by atoms with E-state index in [4.69, 9.17) is 21.1 Å². The van der Waals surface area contributed by atoms with Crippen molar-refractivity contribution < 1.29 is 22.7 Å². The summed E-state index contributed by atoms with van der Waals surface area (Å²) in [7, 11) is -1.03. The van der Waals surface area contributed by atoms with Gasteiger partial charge >= 0.3 is 0 Å². The number of nitrogens with zero attached hydrogens (tertiary/aromatic N) is 1. The number of carbonyl (C=O) groups is 1. The van der Waals surface area contributed by atoms with Crippen molar-refractivity contribution >= 4 is 38.9 Å². The molecule has 0 saturated carbocycles. The van der Waals surface area contributed by atoms with Gasteiger partial charge in [0.25, 0.3) is 10.0 Å². The van der Waals surface area contributed by atoms with Crippen LogP contribution in [0.4, 0.5) is 11.4 Å². The summed E-state index contributed by atoms with van der Waals surface area (Å²) in [6.45, 7) is 1.47. The van der Waals surface area contributed by atoms with Crippen LogP contribution in [0.1, 0.15) is 5.56 Å². The lowest BCUT2D eigenvalue weighted by Gasteiger charge is -2.24. The molecule has 168 valence electrons. The quantitative estimate of drug-likeness (QED) is 0.519. The molecule has 3 aromatic carbocycles. The molecule has 7 nitrogen and oxygen atoms in total. The van der Waals surface area contributed by atoms with E-state index in [2.05, 4.69) is 5.32 Å². The highest BCUT2D eigenvalue weighted by atomic mass is 35.5. The molecule has 0 fully saturated rings. The van der Waals surface area contributed by atoms with E-state index < -0.39 is 22.5 Å². The molecule has 0 spiro atoms. The molecule has 3 rings (SSSR count). The normalized spacial score (nSPS) is 11.0. The summed E-state index contributed by atoms with van der Waals surface area (Å²) in [6, 6.07) is 17.6. The van der Waals surface area contributed by atoms with E-state index in [1.54, 1.807) is 42.5 Å². The first-order valence-electron chi connectivity index (χ1n) is 9.61. The SMILES string of the molecule is COc1ccc(NC(=O)CN(c2ccc(C)cc2)S(=O)(=O)c2ccc(Cl)cc2)cc1OC. The van der Waals surface area contributed by atoms with Crippen LogP contribution in [0, 0.1) is 6.92 Å². The van der Waals surface area contributed by atoms with Gasteiger partial charge in [0.15, 0.2) is 11.5 Å². The predicted molar refractivity (Wildman–Crippen MR) is 125 cm³/mol. The third-order valence-electron chi connectivity index (χ3n) is 4.68. The minimum absolute atomic E-state index is 0.0291. The summed E-state index contributed by atoms with van der Waals surface area (Å²) in [5, 5.41) is 3.12. The number of aryl methyl sites for hydroxylation is 1. The maximum atomic E-state index is 13.4. The Morgan fingerprint density at radius 2 is 1.56 bits per heavy atom.